The second kappa shape index (κ2) is 9.44. The minimum atomic E-state index is 0.509. The largest absolute Gasteiger partial charge is 0.378 e. The summed E-state index contributed by atoms with van der Waals surface area (Å²) in [5.41, 5.74) is 11.9. The van der Waals surface area contributed by atoms with E-state index in [0.29, 0.717) is 5.92 Å². The van der Waals surface area contributed by atoms with Crippen LogP contribution in [0.25, 0.3) is 17.2 Å². The average Bonchev–Trinajstić information content (AvgIpc) is 2.98. The van der Waals surface area contributed by atoms with Crippen LogP contribution in [0.3, 0.4) is 0 Å². The van der Waals surface area contributed by atoms with Gasteiger partial charge >= 0.3 is 5.71 Å². The fourth-order valence-corrected chi connectivity index (χ4v) is 4.10. The fourth-order valence-electron chi connectivity index (χ4n) is 4.10. The van der Waals surface area contributed by atoms with E-state index in [9.17, 15) is 0 Å². The number of allylic oxidation sites excluding steroid dienone is 5. The maximum atomic E-state index is 4.40. The van der Waals surface area contributed by atoms with Crippen LogP contribution < -0.4 is 4.90 Å². The topological polar surface area (TPSA) is 29.7 Å². The van der Waals surface area contributed by atoms with Gasteiger partial charge in [0, 0.05) is 31.9 Å². The first-order chi connectivity index (χ1) is 15.8. The number of hydrogen-bond donors (Lipinski definition) is 0. The molecule has 4 rings (SSSR count). The van der Waals surface area contributed by atoms with E-state index < -0.39 is 0 Å². The van der Waals surface area contributed by atoms with Crippen LogP contribution in [0.15, 0.2) is 83.5 Å². The van der Waals surface area contributed by atoms with Crippen LogP contribution in [0.4, 0.5) is 11.4 Å². The van der Waals surface area contributed by atoms with Gasteiger partial charge in [-0.25, -0.2) is 0 Å². The van der Waals surface area contributed by atoms with Crippen molar-refractivity contribution in [2.24, 2.45) is 5.11 Å². The zero-order valence-electron chi connectivity index (χ0n) is 20.4. The van der Waals surface area contributed by atoms with Crippen LogP contribution >= 0.6 is 0 Å². The van der Waals surface area contributed by atoms with Gasteiger partial charge in [0.05, 0.1) is 4.79 Å². The molecule has 0 bridgehead atoms. The average molecular weight is 435 g/mol. The van der Waals surface area contributed by atoms with Gasteiger partial charge in [0.1, 0.15) is 10.8 Å². The fraction of sp³-hybridized carbons (Fsp3) is 0.233. The van der Waals surface area contributed by atoms with Crippen molar-refractivity contribution in [1.29, 1.82) is 0 Å². The van der Waals surface area contributed by atoms with Gasteiger partial charge in [-0.1, -0.05) is 38.1 Å². The van der Waals surface area contributed by atoms with Gasteiger partial charge in [-0.2, -0.15) is 0 Å². The van der Waals surface area contributed by atoms with Crippen molar-refractivity contribution < 1.29 is 4.79 Å². The maximum Gasteiger partial charge on any atom is 0.365 e. The number of fused-ring (bicyclic) bond motifs is 1. The Balaban J connectivity index is 1.60. The van der Waals surface area contributed by atoms with Crippen molar-refractivity contribution in [2.75, 3.05) is 19.0 Å². The van der Waals surface area contributed by atoms with Gasteiger partial charge in [-0.3, -0.25) is 0 Å². The summed E-state index contributed by atoms with van der Waals surface area (Å²) in [7, 11) is 4.05. The van der Waals surface area contributed by atoms with Gasteiger partial charge in [0.25, 0.3) is 0 Å². The molecule has 0 aromatic heterocycles. The SMILES string of the molecule is Cc1cc(C=C2C=CC(=[N+]=Nc3ccc(N(C)C)cc3)C=C2)c2c(C)ccc(C(C)C)cc1-2. The molecule has 0 saturated heterocycles. The highest BCUT2D eigenvalue weighted by Crippen LogP contribution is 2.37. The molecule has 0 N–H and O–H groups in total. The zero-order chi connectivity index (χ0) is 23.5. The van der Waals surface area contributed by atoms with E-state index in [2.05, 4.69) is 85.0 Å². The number of hydrogen-bond acceptors (Lipinski definition) is 2. The van der Waals surface area contributed by atoms with Gasteiger partial charge in [-0.15, -0.1) is 0 Å². The first-order valence-electron chi connectivity index (χ1n) is 11.5. The van der Waals surface area contributed by atoms with Crippen LogP contribution in [-0.4, -0.2) is 24.6 Å². The lowest BCUT2D eigenvalue weighted by molar-refractivity contribution is -0.0743. The van der Waals surface area contributed by atoms with E-state index in [1.54, 1.807) is 0 Å². The Morgan fingerprint density at radius 3 is 2.18 bits per heavy atom. The summed E-state index contributed by atoms with van der Waals surface area (Å²) in [6.45, 7) is 8.91. The molecule has 0 spiro atoms. The Kier molecular flexibility index (Phi) is 6.44. The van der Waals surface area contributed by atoms with E-state index in [4.69, 9.17) is 0 Å². The van der Waals surface area contributed by atoms with Crippen molar-refractivity contribution in [1.82, 2.24) is 0 Å². The summed E-state index contributed by atoms with van der Waals surface area (Å²) < 4.78 is 0. The molecule has 0 heterocycles. The third kappa shape index (κ3) is 5.05. The molecule has 1 aromatic rings. The molecule has 0 radical (unpaired) electrons. The van der Waals surface area contributed by atoms with Gasteiger partial charge < -0.3 is 4.90 Å². The molecule has 0 amide bonds. The minimum Gasteiger partial charge on any atom is -0.378 e. The van der Waals surface area contributed by atoms with E-state index in [1.165, 1.54) is 33.4 Å². The molecule has 0 saturated carbocycles. The quantitative estimate of drug-likeness (QED) is 0.308. The second-order valence-electron chi connectivity index (χ2n) is 9.23. The predicted octanol–water partition coefficient (Wildman–Crippen LogP) is 7.54. The first kappa shape index (κ1) is 22.5. The Morgan fingerprint density at radius 2 is 1.55 bits per heavy atom. The van der Waals surface area contributed by atoms with Crippen molar-refractivity contribution in [3.05, 3.63) is 101 Å². The van der Waals surface area contributed by atoms with Crippen LogP contribution in [-0.2, 0) is 0 Å². The molecule has 3 heteroatoms. The highest BCUT2D eigenvalue weighted by Gasteiger charge is 2.16. The standard InChI is InChI=1S/C30H32N3/c1-20(2)24-10-7-21(3)30-25(17-22(4)29(30)19-24)18-23-8-11-26(12-9-23)31-32-27-13-15-28(16-14-27)33(5)6/h7-20H,1-6H3/q+1. The number of rotatable bonds is 4. The zero-order valence-corrected chi connectivity index (χ0v) is 20.4. The maximum absolute atomic E-state index is 4.40. The van der Waals surface area contributed by atoms with Crippen molar-refractivity contribution in [2.45, 2.75) is 33.6 Å². The Hall–Kier alpha value is -3.68. The summed E-state index contributed by atoms with van der Waals surface area (Å²) in [5, 5.41) is 4.37. The smallest absolute Gasteiger partial charge is 0.365 e. The van der Waals surface area contributed by atoms with Crippen molar-refractivity contribution >= 4 is 23.2 Å². The number of anilines is 1. The van der Waals surface area contributed by atoms with Gasteiger partial charge in [0.15, 0.2) is 0 Å². The molecule has 0 fully saturated rings. The number of nitrogens with zero attached hydrogens (tertiary/aromatic N) is 3. The summed E-state index contributed by atoms with van der Waals surface area (Å²) in [6, 6.07) is 17.2. The molecular weight excluding hydrogens is 402 g/mol. The predicted molar refractivity (Wildman–Crippen MR) is 141 cm³/mol. The minimum absolute atomic E-state index is 0.509. The highest BCUT2D eigenvalue weighted by molar-refractivity contribution is 6.02. The molecular formula is C30H32N3+. The number of benzene rings is 1. The van der Waals surface area contributed by atoms with Crippen LogP contribution in [0.2, 0.25) is 0 Å². The lowest BCUT2D eigenvalue weighted by Gasteiger charge is -2.10. The lowest BCUT2D eigenvalue weighted by Crippen LogP contribution is -2.07. The van der Waals surface area contributed by atoms with E-state index in [-0.39, 0.29) is 0 Å². The number of aryl methyl sites for hydroxylation is 2. The normalized spacial score (nSPS) is 12.9. The van der Waals surface area contributed by atoms with Crippen LogP contribution in [0, 0.1) is 13.8 Å². The van der Waals surface area contributed by atoms with Gasteiger partial charge in [-0.05, 0) is 101 Å². The molecule has 3 aliphatic rings. The third-order valence-corrected chi connectivity index (χ3v) is 6.11. The summed E-state index contributed by atoms with van der Waals surface area (Å²) in [4.78, 5) is 6.47. The molecule has 3 aliphatic carbocycles. The third-order valence-electron chi connectivity index (χ3n) is 6.11. The van der Waals surface area contributed by atoms with Crippen molar-refractivity contribution in [3.8, 4) is 11.1 Å². The molecule has 0 atom stereocenters. The highest BCUT2D eigenvalue weighted by atomic mass is 15.1. The monoisotopic (exact) mass is 434 g/mol. The molecule has 33 heavy (non-hydrogen) atoms. The van der Waals surface area contributed by atoms with Crippen molar-refractivity contribution in [3.63, 3.8) is 0 Å². The molecule has 166 valence electrons. The summed E-state index contributed by atoms with van der Waals surface area (Å²) in [5.74, 6) is 0.509. The molecule has 0 unspecified atom stereocenters. The summed E-state index contributed by atoms with van der Waals surface area (Å²) >= 11 is 0. The van der Waals surface area contributed by atoms with E-state index in [0.717, 1.165) is 22.7 Å². The Morgan fingerprint density at radius 1 is 0.848 bits per heavy atom. The van der Waals surface area contributed by atoms with Gasteiger partial charge in [0.2, 0.25) is 0 Å². The van der Waals surface area contributed by atoms with Crippen LogP contribution in [0.5, 0.6) is 0 Å². The lowest BCUT2D eigenvalue weighted by atomic mass is 9.99. The molecule has 1 aromatic carbocycles. The first-order valence-corrected chi connectivity index (χ1v) is 11.5. The van der Waals surface area contributed by atoms with Crippen LogP contribution in [0.1, 0.15) is 42.0 Å². The Labute approximate surface area is 197 Å². The van der Waals surface area contributed by atoms with E-state index in [1.807, 2.05) is 50.5 Å². The summed E-state index contributed by atoms with van der Waals surface area (Å²) in [6.07, 6.45) is 10.5. The second-order valence-corrected chi connectivity index (χ2v) is 9.23. The molecule has 3 nitrogen and oxygen atoms in total. The Bertz CT molecular complexity index is 1280. The van der Waals surface area contributed by atoms with E-state index >= 15 is 0 Å². The molecule has 0 aliphatic heterocycles.